The Hall–Kier alpha value is -4.06. The number of aliphatic imine (C=N–C) groups is 1. The van der Waals surface area contributed by atoms with Crippen molar-refractivity contribution in [1.82, 2.24) is 14.8 Å². The summed E-state index contributed by atoms with van der Waals surface area (Å²) in [5, 5.41) is 16.5. The van der Waals surface area contributed by atoms with E-state index in [2.05, 4.69) is 27.0 Å². The molecule has 0 bridgehead atoms. The monoisotopic (exact) mass is 379 g/mol. The van der Waals surface area contributed by atoms with Gasteiger partial charge in [-0.3, -0.25) is 0 Å². The van der Waals surface area contributed by atoms with Crippen LogP contribution in [0.2, 0.25) is 0 Å². The molecule has 9 heteroatoms. The van der Waals surface area contributed by atoms with E-state index in [-0.39, 0.29) is 28.0 Å². The SMILES string of the molecule is C=C(C)/C=C(\N=C/N)Nc1ncc(F)c2nn(-c3c(F)cccc3C#N)cc12. The van der Waals surface area contributed by atoms with Crippen LogP contribution in [0.5, 0.6) is 0 Å². The van der Waals surface area contributed by atoms with Crippen molar-refractivity contribution in [2.75, 3.05) is 5.32 Å². The number of rotatable bonds is 5. The first kappa shape index (κ1) is 18.7. The van der Waals surface area contributed by atoms with Gasteiger partial charge < -0.3 is 11.1 Å². The zero-order chi connectivity index (χ0) is 20.3. The second-order valence-electron chi connectivity index (χ2n) is 5.82. The number of nitrogens with one attached hydrogen (secondary N) is 1. The zero-order valence-electron chi connectivity index (χ0n) is 14.8. The number of fused-ring (bicyclic) bond motifs is 1. The van der Waals surface area contributed by atoms with E-state index >= 15 is 0 Å². The molecular weight excluding hydrogens is 364 g/mol. The minimum Gasteiger partial charge on any atom is -0.390 e. The second-order valence-corrected chi connectivity index (χ2v) is 5.82. The molecule has 0 spiro atoms. The smallest absolute Gasteiger partial charge is 0.169 e. The molecule has 0 fully saturated rings. The van der Waals surface area contributed by atoms with Crippen LogP contribution in [0, 0.1) is 23.0 Å². The summed E-state index contributed by atoms with van der Waals surface area (Å²) in [6.45, 7) is 5.53. The van der Waals surface area contributed by atoms with Gasteiger partial charge in [0.1, 0.15) is 34.7 Å². The van der Waals surface area contributed by atoms with Crippen molar-refractivity contribution in [2.24, 2.45) is 10.7 Å². The van der Waals surface area contributed by atoms with E-state index < -0.39 is 11.6 Å². The average Bonchev–Trinajstić information content (AvgIpc) is 3.09. The van der Waals surface area contributed by atoms with Crippen LogP contribution < -0.4 is 11.1 Å². The topological polar surface area (TPSA) is 105 Å². The Kier molecular flexibility index (Phi) is 5.13. The molecule has 3 rings (SSSR count). The maximum absolute atomic E-state index is 14.3. The van der Waals surface area contributed by atoms with Gasteiger partial charge in [0.25, 0.3) is 0 Å². The van der Waals surface area contributed by atoms with Gasteiger partial charge in [0, 0.05) is 6.20 Å². The van der Waals surface area contributed by atoms with Gasteiger partial charge in [-0.1, -0.05) is 18.2 Å². The molecule has 3 aromatic rings. The number of nitriles is 1. The van der Waals surface area contributed by atoms with Crippen LogP contribution in [0.15, 0.2) is 59.6 Å². The minimum absolute atomic E-state index is 0.0453. The van der Waals surface area contributed by atoms with Crippen molar-refractivity contribution >= 4 is 23.1 Å². The summed E-state index contributed by atoms with van der Waals surface area (Å²) >= 11 is 0. The molecule has 28 heavy (non-hydrogen) atoms. The van der Waals surface area contributed by atoms with Crippen LogP contribution in [0.25, 0.3) is 16.6 Å². The number of allylic oxidation sites excluding steroid dienone is 2. The number of hydrogen-bond acceptors (Lipinski definition) is 5. The van der Waals surface area contributed by atoms with Gasteiger partial charge in [-0.15, -0.1) is 0 Å². The molecule has 3 N–H and O–H groups in total. The Morgan fingerprint density at radius 2 is 2.18 bits per heavy atom. The largest absolute Gasteiger partial charge is 0.390 e. The third-order valence-electron chi connectivity index (χ3n) is 3.68. The summed E-state index contributed by atoms with van der Waals surface area (Å²) in [7, 11) is 0. The summed E-state index contributed by atoms with van der Waals surface area (Å²) in [4.78, 5) is 8.00. The van der Waals surface area contributed by atoms with Crippen LogP contribution >= 0.6 is 0 Å². The van der Waals surface area contributed by atoms with E-state index in [4.69, 9.17) is 5.73 Å². The summed E-state index contributed by atoms with van der Waals surface area (Å²) in [6.07, 6.45) is 5.08. The van der Waals surface area contributed by atoms with Crippen molar-refractivity contribution in [2.45, 2.75) is 6.92 Å². The van der Waals surface area contributed by atoms with Crippen LogP contribution in [0.1, 0.15) is 12.5 Å². The van der Waals surface area contributed by atoms with Gasteiger partial charge in [0.15, 0.2) is 5.82 Å². The maximum atomic E-state index is 14.3. The quantitative estimate of drug-likeness (QED) is 0.402. The van der Waals surface area contributed by atoms with Crippen LogP contribution in [-0.2, 0) is 0 Å². The van der Waals surface area contributed by atoms with Gasteiger partial charge in [-0.2, -0.15) is 10.4 Å². The summed E-state index contributed by atoms with van der Waals surface area (Å²) in [6, 6.07) is 5.95. The van der Waals surface area contributed by atoms with Crippen LogP contribution in [0.4, 0.5) is 14.6 Å². The lowest BCUT2D eigenvalue weighted by Gasteiger charge is -2.07. The fourth-order valence-corrected chi connectivity index (χ4v) is 2.57. The lowest BCUT2D eigenvalue weighted by Crippen LogP contribution is -2.03. The molecule has 0 saturated carbocycles. The van der Waals surface area contributed by atoms with E-state index in [1.807, 2.05) is 6.07 Å². The van der Waals surface area contributed by atoms with Gasteiger partial charge in [-0.05, 0) is 25.1 Å². The number of nitrogens with zero attached hydrogens (tertiary/aromatic N) is 5. The summed E-state index contributed by atoms with van der Waals surface area (Å²) in [5.74, 6) is -0.797. The Bertz CT molecular complexity index is 1170. The maximum Gasteiger partial charge on any atom is 0.169 e. The molecule has 1 aromatic carbocycles. The Balaban J connectivity index is 2.18. The number of anilines is 1. The highest BCUT2D eigenvalue weighted by Crippen LogP contribution is 2.27. The summed E-state index contributed by atoms with van der Waals surface area (Å²) < 4.78 is 29.7. The lowest BCUT2D eigenvalue weighted by molar-refractivity contribution is 0.608. The van der Waals surface area contributed by atoms with E-state index in [9.17, 15) is 14.0 Å². The molecular formula is C19H15F2N7. The molecule has 0 aliphatic rings. The Morgan fingerprint density at radius 1 is 1.39 bits per heavy atom. The fourth-order valence-electron chi connectivity index (χ4n) is 2.57. The molecule has 140 valence electrons. The predicted molar refractivity (Wildman–Crippen MR) is 103 cm³/mol. The van der Waals surface area contributed by atoms with Gasteiger partial charge in [0.2, 0.25) is 0 Å². The van der Waals surface area contributed by atoms with Crippen molar-refractivity contribution in [1.29, 1.82) is 5.26 Å². The van der Waals surface area contributed by atoms with Crippen molar-refractivity contribution in [3.05, 3.63) is 71.8 Å². The highest BCUT2D eigenvalue weighted by molar-refractivity contribution is 5.90. The molecule has 0 radical (unpaired) electrons. The second kappa shape index (κ2) is 7.67. The molecule has 0 atom stereocenters. The van der Waals surface area contributed by atoms with Crippen molar-refractivity contribution < 1.29 is 8.78 Å². The molecule has 0 saturated heterocycles. The van der Waals surface area contributed by atoms with E-state index in [0.717, 1.165) is 17.2 Å². The number of pyridine rings is 1. The van der Waals surface area contributed by atoms with Crippen molar-refractivity contribution in [3.63, 3.8) is 0 Å². The zero-order valence-corrected chi connectivity index (χ0v) is 14.8. The first-order valence-corrected chi connectivity index (χ1v) is 8.06. The fraction of sp³-hybridized carbons (Fsp3) is 0.0526. The van der Waals surface area contributed by atoms with E-state index in [1.165, 1.54) is 24.4 Å². The number of hydrogen-bond donors (Lipinski definition) is 2. The van der Waals surface area contributed by atoms with E-state index in [0.29, 0.717) is 11.4 Å². The highest BCUT2D eigenvalue weighted by Gasteiger charge is 2.17. The number of para-hydroxylation sites is 1. The first-order chi connectivity index (χ1) is 13.4. The number of nitrogens with two attached hydrogens (primary N) is 1. The van der Waals surface area contributed by atoms with E-state index in [1.54, 1.807) is 13.0 Å². The van der Waals surface area contributed by atoms with Crippen LogP contribution in [0.3, 0.4) is 0 Å². The molecule has 0 amide bonds. The van der Waals surface area contributed by atoms with Gasteiger partial charge in [0.05, 0.1) is 23.5 Å². The third kappa shape index (κ3) is 3.57. The molecule has 2 heterocycles. The van der Waals surface area contributed by atoms with Gasteiger partial charge >= 0.3 is 0 Å². The number of benzene rings is 1. The van der Waals surface area contributed by atoms with Crippen LogP contribution in [-0.4, -0.2) is 21.1 Å². The predicted octanol–water partition coefficient (Wildman–Crippen LogP) is 3.39. The molecule has 2 aromatic heterocycles. The highest BCUT2D eigenvalue weighted by atomic mass is 19.1. The third-order valence-corrected chi connectivity index (χ3v) is 3.68. The first-order valence-electron chi connectivity index (χ1n) is 8.06. The minimum atomic E-state index is -0.693. The number of aromatic nitrogens is 3. The molecule has 0 aliphatic heterocycles. The number of halogens is 2. The summed E-state index contributed by atoms with van der Waals surface area (Å²) in [5.41, 5.74) is 5.99. The average molecular weight is 379 g/mol. The molecule has 0 unspecified atom stereocenters. The Morgan fingerprint density at radius 3 is 2.86 bits per heavy atom. The standard InChI is InChI=1S/C19H15F2N7/c1-11(2)6-16(25-10-23)26-19-13-9-28(27-17(13)15(21)8-24-19)18-12(7-22)4-3-5-14(18)20/h3-6,8-10H,1H2,2H3,(H2,23,25)(H,24,26)/b16-6+. The molecule has 0 aliphatic carbocycles. The molecule has 7 nitrogen and oxygen atoms in total. The normalized spacial score (nSPS) is 11.7. The lowest BCUT2D eigenvalue weighted by atomic mass is 10.2. The van der Waals surface area contributed by atoms with Gasteiger partial charge in [-0.25, -0.2) is 23.4 Å². The van der Waals surface area contributed by atoms with Crippen molar-refractivity contribution in [3.8, 4) is 11.8 Å². The Labute approximate surface area is 159 Å².